The normalized spacial score (nSPS) is 14.2. The Bertz CT molecular complexity index is 142. The summed E-state index contributed by atoms with van der Waals surface area (Å²) in [6.07, 6.45) is 1.77. The van der Waals surface area contributed by atoms with Crippen LogP contribution >= 0.6 is 12.4 Å². The van der Waals surface area contributed by atoms with Gasteiger partial charge in [0.2, 0.25) is 0 Å². The number of esters is 1. The Hall–Kier alpha value is -0.280. The van der Waals surface area contributed by atoms with Gasteiger partial charge in [0.15, 0.2) is 0 Å². The highest BCUT2D eigenvalue weighted by molar-refractivity contribution is 5.85. The third-order valence-corrected chi connectivity index (χ3v) is 1.94. The number of ether oxygens (including phenoxy) is 1. The molecular weight excluding hydrogens is 190 g/mol. The summed E-state index contributed by atoms with van der Waals surface area (Å²) in [5, 5.41) is 0. The van der Waals surface area contributed by atoms with Gasteiger partial charge in [-0.2, -0.15) is 0 Å². The molecule has 1 unspecified atom stereocenters. The van der Waals surface area contributed by atoms with E-state index >= 15 is 0 Å². The van der Waals surface area contributed by atoms with Gasteiger partial charge in [0, 0.05) is 0 Å². The first kappa shape index (κ1) is 15.2. The van der Waals surface area contributed by atoms with E-state index in [4.69, 9.17) is 10.5 Å². The average Bonchev–Trinajstić information content (AvgIpc) is 2.04. The van der Waals surface area contributed by atoms with Crippen molar-refractivity contribution in [1.29, 1.82) is 0 Å². The zero-order chi connectivity index (χ0) is 9.56. The van der Waals surface area contributed by atoms with Crippen LogP contribution < -0.4 is 5.73 Å². The van der Waals surface area contributed by atoms with Gasteiger partial charge in [0.1, 0.15) is 6.04 Å². The smallest absolute Gasteiger partial charge is 0.322 e. The van der Waals surface area contributed by atoms with Crippen LogP contribution in [0.4, 0.5) is 0 Å². The molecule has 0 bridgehead atoms. The third-order valence-electron chi connectivity index (χ3n) is 1.94. The Morgan fingerprint density at radius 1 is 1.46 bits per heavy atom. The molecule has 0 saturated carbocycles. The number of carbonyl (C=O) groups excluding carboxylic acids is 1. The molecule has 0 heterocycles. The first-order valence-electron chi connectivity index (χ1n) is 4.54. The van der Waals surface area contributed by atoms with Crippen molar-refractivity contribution in [2.45, 2.75) is 39.7 Å². The minimum atomic E-state index is -0.445. The van der Waals surface area contributed by atoms with Crippen molar-refractivity contribution < 1.29 is 9.53 Å². The van der Waals surface area contributed by atoms with Gasteiger partial charge in [-0.05, 0) is 19.3 Å². The van der Waals surface area contributed by atoms with Crippen molar-refractivity contribution >= 4 is 18.4 Å². The maximum absolute atomic E-state index is 11.0. The largest absolute Gasteiger partial charge is 0.465 e. The molecule has 2 atom stereocenters. The number of hydrogen-bond donors (Lipinski definition) is 1. The van der Waals surface area contributed by atoms with Gasteiger partial charge in [0.25, 0.3) is 0 Å². The fourth-order valence-corrected chi connectivity index (χ4v) is 0.946. The van der Waals surface area contributed by atoms with E-state index in [2.05, 4.69) is 13.8 Å². The summed E-state index contributed by atoms with van der Waals surface area (Å²) in [5.74, 6) is 0.210. The van der Waals surface area contributed by atoms with Gasteiger partial charge < -0.3 is 10.5 Å². The second-order valence-corrected chi connectivity index (χ2v) is 3.11. The lowest BCUT2D eigenvalue weighted by atomic mass is 10.0. The van der Waals surface area contributed by atoms with Crippen molar-refractivity contribution in [3.63, 3.8) is 0 Å². The predicted octanol–water partition coefficient (Wildman–Crippen LogP) is 1.73. The summed E-state index contributed by atoms with van der Waals surface area (Å²) in [7, 11) is 0. The molecule has 0 aliphatic heterocycles. The molecule has 0 amide bonds. The quantitative estimate of drug-likeness (QED) is 0.702. The molecule has 2 N–H and O–H groups in total. The van der Waals surface area contributed by atoms with Crippen LogP contribution in [0.1, 0.15) is 33.6 Å². The Kier molecular flexibility index (Phi) is 9.74. The fourth-order valence-electron chi connectivity index (χ4n) is 0.946. The van der Waals surface area contributed by atoms with Crippen molar-refractivity contribution in [3.8, 4) is 0 Å². The zero-order valence-corrected chi connectivity index (χ0v) is 9.39. The first-order chi connectivity index (χ1) is 5.61. The standard InChI is InChI=1S/C9H19NO2.ClH/c1-4-7(3)6-8(10)9(11)12-5-2;/h7-8H,4-6,10H2,1-3H3;1H/t7?,8-;/m0./s1. The van der Waals surface area contributed by atoms with Crippen LogP contribution in [0, 0.1) is 5.92 Å². The summed E-state index contributed by atoms with van der Waals surface area (Å²) in [4.78, 5) is 11.0. The number of hydrogen-bond acceptors (Lipinski definition) is 3. The average molecular weight is 210 g/mol. The van der Waals surface area contributed by atoms with E-state index in [1.54, 1.807) is 6.92 Å². The molecule has 0 saturated heterocycles. The number of rotatable bonds is 5. The van der Waals surface area contributed by atoms with Gasteiger partial charge in [-0.25, -0.2) is 0 Å². The molecule has 0 fully saturated rings. The molecule has 0 radical (unpaired) electrons. The van der Waals surface area contributed by atoms with Crippen molar-refractivity contribution in [2.75, 3.05) is 6.61 Å². The van der Waals surface area contributed by atoms with E-state index in [1.807, 2.05) is 0 Å². The molecule has 0 aliphatic rings. The molecular formula is C9H20ClNO2. The van der Waals surface area contributed by atoms with Gasteiger partial charge in [-0.15, -0.1) is 12.4 Å². The van der Waals surface area contributed by atoms with Gasteiger partial charge in [-0.3, -0.25) is 4.79 Å². The van der Waals surface area contributed by atoms with Crippen molar-refractivity contribution in [3.05, 3.63) is 0 Å². The van der Waals surface area contributed by atoms with E-state index in [0.717, 1.165) is 12.8 Å². The van der Waals surface area contributed by atoms with Crippen LogP contribution in [0.5, 0.6) is 0 Å². The highest BCUT2D eigenvalue weighted by atomic mass is 35.5. The lowest BCUT2D eigenvalue weighted by molar-refractivity contribution is -0.145. The predicted molar refractivity (Wildman–Crippen MR) is 55.9 cm³/mol. The summed E-state index contributed by atoms with van der Waals surface area (Å²) < 4.78 is 4.79. The van der Waals surface area contributed by atoms with Gasteiger partial charge >= 0.3 is 5.97 Å². The second-order valence-electron chi connectivity index (χ2n) is 3.11. The molecule has 13 heavy (non-hydrogen) atoms. The topological polar surface area (TPSA) is 52.3 Å². The minimum Gasteiger partial charge on any atom is -0.465 e. The highest BCUT2D eigenvalue weighted by Gasteiger charge is 2.16. The van der Waals surface area contributed by atoms with Crippen LogP contribution in [-0.4, -0.2) is 18.6 Å². The summed E-state index contributed by atoms with van der Waals surface area (Å²) >= 11 is 0. The molecule has 0 aromatic rings. The Balaban J connectivity index is 0. The molecule has 3 nitrogen and oxygen atoms in total. The second kappa shape index (κ2) is 8.32. The Morgan fingerprint density at radius 3 is 2.38 bits per heavy atom. The van der Waals surface area contributed by atoms with Crippen LogP contribution in [0.3, 0.4) is 0 Å². The molecule has 0 spiro atoms. The first-order valence-corrected chi connectivity index (χ1v) is 4.54. The van der Waals surface area contributed by atoms with E-state index in [9.17, 15) is 4.79 Å². The van der Waals surface area contributed by atoms with E-state index in [1.165, 1.54) is 0 Å². The fraction of sp³-hybridized carbons (Fsp3) is 0.889. The van der Waals surface area contributed by atoms with Crippen LogP contribution in [-0.2, 0) is 9.53 Å². The maximum atomic E-state index is 11.0. The van der Waals surface area contributed by atoms with Gasteiger partial charge in [0.05, 0.1) is 6.61 Å². The molecule has 0 rings (SSSR count). The number of nitrogens with two attached hydrogens (primary N) is 1. The Morgan fingerprint density at radius 2 is 2.00 bits per heavy atom. The van der Waals surface area contributed by atoms with Gasteiger partial charge in [-0.1, -0.05) is 20.3 Å². The molecule has 0 aromatic heterocycles. The minimum absolute atomic E-state index is 0. The maximum Gasteiger partial charge on any atom is 0.322 e. The van der Waals surface area contributed by atoms with E-state index in [-0.39, 0.29) is 18.4 Å². The van der Waals surface area contributed by atoms with Crippen molar-refractivity contribution in [1.82, 2.24) is 0 Å². The molecule has 0 aromatic carbocycles. The SMILES string of the molecule is CCOC(=O)[C@@H](N)CC(C)CC.Cl. The molecule has 80 valence electrons. The lowest BCUT2D eigenvalue weighted by Gasteiger charge is -2.14. The monoisotopic (exact) mass is 209 g/mol. The number of carbonyl (C=O) groups is 1. The van der Waals surface area contributed by atoms with E-state index < -0.39 is 6.04 Å². The number of halogens is 1. The molecule has 4 heteroatoms. The molecule has 0 aliphatic carbocycles. The van der Waals surface area contributed by atoms with Crippen LogP contribution in [0.15, 0.2) is 0 Å². The summed E-state index contributed by atoms with van der Waals surface area (Å²) in [6, 6.07) is -0.445. The highest BCUT2D eigenvalue weighted by Crippen LogP contribution is 2.09. The lowest BCUT2D eigenvalue weighted by Crippen LogP contribution is -2.33. The van der Waals surface area contributed by atoms with Crippen LogP contribution in [0.2, 0.25) is 0 Å². The van der Waals surface area contributed by atoms with Crippen molar-refractivity contribution in [2.24, 2.45) is 11.7 Å². The summed E-state index contributed by atoms with van der Waals surface area (Å²) in [6.45, 7) is 6.36. The third kappa shape index (κ3) is 6.84. The zero-order valence-electron chi connectivity index (χ0n) is 8.58. The Labute approximate surface area is 86.4 Å². The van der Waals surface area contributed by atoms with E-state index in [0.29, 0.717) is 12.5 Å². The summed E-state index contributed by atoms with van der Waals surface area (Å²) in [5.41, 5.74) is 5.61. The van der Waals surface area contributed by atoms with Crippen LogP contribution in [0.25, 0.3) is 0 Å².